The fourth-order valence-electron chi connectivity index (χ4n) is 3.03. The molecule has 0 saturated heterocycles. The Kier molecular flexibility index (Phi) is 7.03. The van der Waals surface area contributed by atoms with Crippen LogP contribution in [0, 0.1) is 5.92 Å². The monoisotopic (exact) mass is 405 g/mol. The molecule has 1 heterocycles. The average Bonchev–Trinajstić information content (AvgIpc) is 3.24. The van der Waals surface area contributed by atoms with E-state index in [1.165, 1.54) is 6.08 Å². The van der Waals surface area contributed by atoms with E-state index in [1.807, 2.05) is 74.5 Å². The molecular formula is C23H23N3O4. The van der Waals surface area contributed by atoms with Gasteiger partial charge in [0.1, 0.15) is 6.10 Å². The number of nitrogens with zero attached hydrogens (tertiary/aromatic N) is 3. The van der Waals surface area contributed by atoms with Crippen LogP contribution in [0.1, 0.15) is 36.7 Å². The third kappa shape index (κ3) is 5.15. The molecule has 0 aliphatic heterocycles. The number of rotatable bonds is 9. The van der Waals surface area contributed by atoms with Gasteiger partial charge in [-0.25, -0.2) is 4.79 Å². The number of ether oxygens (including phenoxy) is 1. The molecule has 1 N–H and O–H groups in total. The lowest BCUT2D eigenvalue weighted by Gasteiger charge is -2.31. The fourth-order valence-corrected chi connectivity index (χ4v) is 3.03. The normalized spacial score (nSPS) is 14.4. The molecule has 0 aliphatic carbocycles. The van der Waals surface area contributed by atoms with E-state index in [0.717, 1.165) is 11.1 Å². The lowest BCUT2D eigenvalue weighted by atomic mass is 9.95. The summed E-state index contributed by atoms with van der Waals surface area (Å²) in [6, 6.07) is 19.1. The molecule has 154 valence electrons. The Bertz CT molecular complexity index is 1010. The predicted molar refractivity (Wildman–Crippen MR) is 112 cm³/mol. The van der Waals surface area contributed by atoms with Crippen LogP contribution in [-0.2, 0) is 21.9 Å². The Labute approximate surface area is 174 Å². The van der Waals surface area contributed by atoms with Crippen molar-refractivity contribution in [2.45, 2.75) is 32.3 Å². The van der Waals surface area contributed by atoms with Crippen molar-refractivity contribution < 1.29 is 19.2 Å². The zero-order chi connectivity index (χ0) is 21.4. The van der Waals surface area contributed by atoms with Crippen molar-refractivity contribution >= 4 is 18.2 Å². The number of benzene rings is 2. The van der Waals surface area contributed by atoms with Crippen LogP contribution >= 0.6 is 0 Å². The molecule has 30 heavy (non-hydrogen) atoms. The van der Waals surface area contributed by atoms with Crippen molar-refractivity contribution in [1.29, 1.82) is 0 Å². The van der Waals surface area contributed by atoms with Crippen LogP contribution in [0.4, 0.5) is 0 Å². The van der Waals surface area contributed by atoms with E-state index in [9.17, 15) is 9.90 Å². The summed E-state index contributed by atoms with van der Waals surface area (Å²) < 4.78 is 11.2. The van der Waals surface area contributed by atoms with Crippen LogP contribution in [0.25, 0.3) is 12.2 Å². The SMILES string of the molecule is CC(C)[C@H](OCc1ccccc1)C(O)(N=C=O)c1noc(C=Cc2ccccc2)n1. The molecule has 0 fully saturated rings. The maximum atomic E-state index is 11.2. The van der Waals surface area contributed by atoms with Gasteiger partial charge in [-0.1, -0.05) is 79.7 Å². The van der Waals surface area contributed by atoms with E-state index < -0.39 is 11.8 Å². The Morgan fingerprint density at radius 2 is 1.80 bits per heavy atom. The Hall–Kier alpha value is -3.38. The largest absolute Gasteiger partial charge is 0.368 e. The molecule has 3 aromatic rings. The van der Waals surface area contributed by atoms with E-state index >= 15 is 0 Å². The number of hydrogen-bond donors (Lipinski definition) is 1. The minimum absolute atomic E-state index is 0.162. The molecule has 7 nitrogen and oxygen atoms in total. The van der Waals surface area contributed by atoms with Crippen LogP contribution in [0.5, 0.6) is 0 Å². The molecule has 2 aromatic carbocycles. The average molecular weight is 405 g/mol. The summed E-state index contributed by atoms with van der Waals surface area (Å²) in [7, 11) is 0. The topological polar surface area (TPSA) is 97.8 Å². The molecule has 0 bridgehead atoms. The highest BCUT2D eigenvalue weighted by atomic mass is 16.5. The van der Waals surface area contributed by atoms with Crippen molar-refractivity contribution in [3.05, 3.63) is 83.5 Å². The molecule has 0 spiro atoms. The van der Waals surface area contributed by atoms with Crippen LogP contribution in [-0.4, -0.2) is 27.4 Å². The van der Waals surface area contributed by atoms with E-state index in [1.54, 1.807) is 12.2 Å². The van der Waals surface area contributed by atoms with Crippen LogP contribution in [0.2, 0.25) is 0 Å². The van der Waals surface area contributed by atoms with Gasteiger partial charge in [0.25, 0.3) is 11.6 Å². The standard InChI is InChI=1S/C23H23N3O4/c1-17(2)21(29-15-19-11-7-4-8-12-19)23(28,24-16-27)22-25-20(30-26-22)14-13-18-9-5-3-6-10-18/h3-14,17,21,28H,15H2,1-2H3/t21-,23?/m0/s1. The molecule has 0 amide bonds. The molecule has 7 heteroatoms. The third-order valence-electron chi connectivity index (χ3n) is 4.48. The zero-order valence-corrected chi connectivity index (χ0v) is 16.8. The highest BCUT2D eigenvalue weighted by Crippen LogP contribution is 2.32. The summed E-state index contributed by atoms with van der Waals surface area (Å²) in [4.78, 5) is 18.9. The predicted octanol–water partition coefficient (Wildman–Crippen LogP) is 3.96. The molecule has 1 aromatic heterocycles. The number of aromatic nitrogens is 2. The first-order valence-corrected chi connectivity index (χ1v) is 9.57. The highest BCUT2D eigenvalue weighted by Gasteiger charge is 2.46. The summed E-state index contributed by atoms with van der Waals surface area (Å²) in [6.45, 7) is 3.91. The second-order valence-electron chi connectivity index (χ2n) is 7.09. The van der Waals surface area contributed by atoms with E-state index in [4.69, 9.17) is 9.26 Å². The molecule has 0 radical (unpaired) electrons. The summed E-state index contributed by atoms with van der Waals surface area (Å²) in [5.41, 5.74) is -0.266. The van der Waals surface area contributed by atoms with Gasteiger partial charge >= 0.3 is 0 Å². The maximum Gasteiger partial charge on any atom is 0.259 e. The zero-order valence-electron chi connectivity index (χ0n) is 16.8. The second kappa shape index (κ2) is 9.89. The minimum Gasteiger partial charge on any atom is -0.368 e. The summed E-state index contributed by atoms with van der Waals surface area (Å²) in [5, 5.41) is 15.1. The maximum absolute atomic E-state index is 11.2. The van der Waals surface area contributed by atoms with Gasteiger partial charge in [0, 0.05) is 6.08 Å². The van der Waals surface area contributed by atoms with Gasteiger partial charge < -0.3 is 14.4 Å². The van der Waals surface area contributed by atoms with Crippen LogP contribution in [0.15, 0.2) is 70.2 Å². The number of isocyanates is 1. The first-order chi connectivity index (χ1) is 14.5. The fraction of sp³-hybridized carbons (Fsp3) is 0.261. The first-order valence-electron chi connectivity index (χ1n) is 9.57. The molecule has 0 saturated carbocycles. The molecular weight excluding hydrogens is 382 g/mol. The minimum atomic E-state index is -2.13. The number of carbonyl (C=O) groups excluding carboxylic acids is 1. The van der Waals surface area contributed by atoms with Gasteiger partial charge in [-0.05, 0) is 23.1 Å². The van der Waals surface area contributed by atoms with Crippen molar-refractivity contribution in [2.24, 2.45) is 10.9 Å². The molecule has 0 aliphatic rings. The molecule has 3 rings (SSSR count). The molecule has 2 atom stereocenters. The van der Waals surface area contributed by atoms with Crippen LogP contribution in [0.3, 0.4) is 0 Å². The summed E-state index contributed by atoms with van der Waals surface area (Å²) in [5.74, 6) is -0.207. The summed E-state index contributed by atoms with van der Waals surface area (Å²) in [6.07, 6.45) is 3.93. The number of hydrogen-bond acceptors (Lipinski definition) is 7. The second-order valence-corrected chi connectivity index (χ2v) is 7.09. The first kappa shape index (κ1) is 21.3. The Morgan fingerprint density at radius 3 is 2.43 bits per heavy atom. The highest BCUT2D eigenvalue weighted by molar-refractivity contribution is 5.65. The van der Waals surface area contributed by atoms with E-state index in [-0.39, 0.29) is 24.2 Å². The van der Waals surface area contributed by atoms with E-state index in [0.29, 0.717) is 0 Å². The van der Waals surface area contributed by atoms with Gasteiger partial charge in [-0.2, -0.15) is 9.98 Å². The van der Waals surface area contributed by atoms with Gasteiger partial charge in [0.05, 0.1) is 6.61 Å². The lowest BCUT2D eigenvalue weighted by Crippen LogP contribution is -2.44. The van der Waals surface area contributed by atoms with Crippen molar-refractivity contribution in [1.82, 2.24) is 10.1 Å². The summed E-state index contributed by atoms with van der Waals surface area (Å²) >= 11 is 0. The Morgan fingerprint density at radius 1 is 1.13 bits per heavy atom. The number of aliphatic imine (C=N–C) groups is 1. The van der Waals surface area contributed by atoms with Gasteiger partial charge in [-0.3, -0.25) is 0 Å². The van der Waals surface area contributed by atoms with Crippen LogP contribution < -0.4 is 0 Å². The van der Waals surface area contributed by atoms with Gasteiger partial charge in [0.15, 0.2) is 0 Å². The smallest absolute Gasteiger partial charge is 0.259 e. The van der Waals surface area contributed by atoms with E-state index in [2.05, 4.69) is 15.1 Å². The van der Waals surface area contributed by atoms with Crippen molar-refractivity contribution in [3.63, 3.8) is 0 Å². The number of aliphatic hydroxyl groups is 1. The quantitative estimate of drug-likeness (QED) is 0.427. The third-order valence-corrected chi connectivity index (χ3v) is 4.48. The van der Waals surface area contributed by atoms with Crippen molar-refractivity contribution in [2.75, 3.05) is 0 Å². The lowest BCUT2D eigenvalue weighted by molar-refractivity contribution is -0.140. The molecule has 1 unspecified atom stereocenters. The van der Waals surface area contributed by atoms with Gasteiger partial charge in [-0.15, -0.1) is 0 Å². The van der Waals surface area contributed by atoms with Gasteiger partial charge in [0.2, 0.25) is 11.9 Å². The Balaban J connectivity index is 1.85. The van der Waals surface area contributed by atoms with Crippen molar-refractivity contribution in [3.8, 4) is 0 Å².